The van der Waals surface area contributed by atoms with Crippen LogP contribution in [-0.2, 0) is 16.1 Å². The van der Waals surface area contributed by atoms with Gasteiger partial charge in [0, 0.05) is 36.9 Å². The Balaban J connectivity index is 1.38. The molecule has 1 fully saturated rings. The van der Waals surface area contributed by atoms with E-state index in [1.807, 2.05) is 24.6 Å². The lowest BCUT2D eigenvalue weighted by Gasteiger charge is -2.31. The van der Waals surface area contributed by atoms with Gasteiger partial charge in [-0.3, -0.25) is 14.5 Å². The van der Waals surface area contributed by atoms with E-state index >= 15 is 0 Å². The van der Waals surface area contributed by atoms with Gasteiger partial charge in [0.1, 0.15) is 0 Å². The van der Waals surface area contributed by atoms with Crippen molar-refractivity contribution < 1.29 is 9.59 Å². The Labute approximate surface area is 169 Å². The fraction of sp³-hybridized carbons (Fsp3) is 0.579. The van der Waals surface area contributed by atoms with E-state index in [1.165, 1.54) is 11.3 Å². The molecule has 0 aliphatic carbocycles. The standard InChI is InChI=1S/C19H28N6O2S/c1-14-15(2)28-19(22-14)23-17(26)12-25-8-3-5-16(11-25)18(27)21-6-4-9-24-10-7-20-13-24/h7,10,13,16H,3-6,8-9,11-12H2,1-2H3,(H,21,27)(H,22,23,26). The predicted molar refractivity (Wildman–Crippen MR) is 109 cm³/mol. The molecule has 3 heterocycles. The molecule has 0 radical (unpaired) electrons. The largest absolute Gasteiger partial charge is 0.356 e. The third-order valence-corrected chi connectivity index (χ3v) is 5.96. The van der Waals surface area contributed by atoms with E-state index in [0.717, 1.165) is 42.9 Å². The minimum atomic E-state index is -0.0739. The van der Waals surface area contributed by atoms with Gasteiger partial charge >= 0.3 is 0 Å². The third-order valence-electron chi connectivity index (χ3n) is 4.97. The molecule has 152 valence electrons. The minimum absolute atomic E-state index is 0.0563. The zero-order chi connectivity index (χ0) is 19.9. The molecule has 2 amide bonds. The molecule has 1 saturated heterocycles. The van der Waals surface area contributed by atoms with Crippen molar-refractivity contribution in [3.8, 4) is 0 Å². The van der Waals surface area contributed by atoms with Crippen LogP contribution in [0.3, 0.4) is 0 Å². The van der Waals surface area contributed by atoms with Crippen LogP contribution in [0.5, 0.6) is 0 Å². The molecule has 1 atom stereocenters. The highest BCUT2D eigenvalue weighted by Gasteiger charge is 2.26. The van der Waals surface area contributed by atoms with Crippen LogP contribution in [0.15, 0.2) is 18.7 Å². The van der Waals surface area contributed by atoms with Crippen LogP contribution in [-0.4, -0.2) is 57.4 Å². The van der Waals surface area contributed by atoms with E-state index in [1.54, 1.807) is 12.5 Å². The maximum Gasteiger partial charge on any atom is 0.240 e. The highest BCUT2D eigenvalue weighted by atomic mass is 32.1. The number of imidazole rings is 1. The summed E-state index contributed by atoms with van der Waals surface area (Å²) in [5.74, 6) is -0.0452. The Morgan fingerprint density at radius 3 is 2.93 bits per heavy atom. The molecule has 9 heteroatoms. The summed E-state index contributed by atoms with van der Waals surface area (Å²) in [5, 5.41) is 6.54. The van der Waals surface area contributed by atoms with E-state index in [9.17, 15) is 9.59 Å². The second-order valence-corrected chi connectivity index (χ2v) is 8.43. The van der Waals surface area contributed by atoms with Gasteiger partial charge in [-0.05, 0) is 39.7 Å². The molecule has 2 aromatic rings. The summed E-state index contributed by atoms with van der Waals surface area (Å²) in [5.41, 5.74) is 0.947. The van der Waals surface area contributed by atoms with Crippen molar-refractivity contribution in [1.29, 1.82) is 0 Å². The number of anilines is 1. The molecule has 0 spiro atoms. The van der Waals surface area contributed by atoms with Crippen LogP contribution in [0.1, 0.15) is 29.8 Å². The molecule has 0 saturated carbocycles. The minimum Gasteiger partial charge on any atom is -0.356 e. The molecule has 2 aromatic heterocycles. The molecular formula is C19H28N6O2S. The monoisotopic (exact) mass is 404 g/mol. The van der Waals surface area contributed by atoms with Crippen LogP contribution in [0, 0.1) is 19.8 Å². The summed E-state index contributed by atoms with van der Waals surface area (Å²) in [6.07, 6.45) is 8.11. The van der Waals surface area contributed by atoms with E-state index < -0.39 is 0 Å². The smallest absolute Gasteiger partial charge is 0.240 e. The number of carbonyl (C=O) groups excluding carboxylic acids is 2. The Morgan fingerprint density at radius 2 is 2.21 bits per heavy atom. The molecule has 1 unspecified atom stereocenters. The average molecular weight is 405 g/mol. The number of thiazole rings is 1. The van der Waals surface area contributed by atoms with Gasteiger partial charge in [-0.25, -0.2) is 9.97 Å². The number of carbonyl (C=O) groups is 2. The molecule has 0 bridgehead atoms. The summed E-state index contributed by atoms with van der Waals surface area (Å²) in [7, 11) is 0. The number of nitrogens with one attached hydrogen (secondary N) is 2. The highest BCUT2D eigenvalue weighted by molar-refractivity contribution is 7.15. The fourth-order valence-corrected chi connectivity index (χ4v) is 4.17. The van der Waals surface area contributed by atoms with E-state index in [0.29, 0.717) is 24.8 Å². The van der Waals surface area contributed by atoms with E-state index in [4.69, 9.17) is 0 Å². The lowest BCUT2D eigenvalue weighted by atomic mass is 9.97. The molecule has 3 rings (SSSR count). The van der Waals surface area contributed by atoms with Gasteiger partial charge in [-0.1, -0.05) is 0 Å². The van der Waals surface area contributed by atoms with Crippen LogP contribution in [0.2, 0.25) is 0 Å². The topological polar surface area (TPSA) is 92.1 Å². The van der Waals surface area contributed by atoms with Crippen LogP contribution < -0.4 is 10.6 Å². The maximum absolute atomic E-state index is 12.5. The first-order valence-corrected chi connectivity index (χ1v) is 10.5. The zero-order valence-corrected chi connectivity index (χ0v) is 17.3. The average Bonchev–Trinajstić information content (AvgIpc) is 3.28. The summed E-state index contributed by atoms with van der Waals surface area (Å²) >= 11 is 1.49. The lowest BCUT2D eigenvalue weighted by molar-refractivity contribution is -0.128. The first-order valence-electron chi connectivity index (χ1n) is 9.71. The fourth-order valence-electron chi connectivity index (χ4n) is 3.34. The van der Waals surface area contributed by atoms with Crippen molar-refractivity contribution in [2.75, 3.05) is 31.5 Å². The molecule has 28 heavy (non-hydrogen) atoms. The van der Waals surface area contributed by atoms with Gasteiger partial charge in [-0.15, -0.1) is 11.3 Å². The molecule has 2 N–H and O–H groups in total. The lowest BCUT2D eigenvalue weighted by Crippen LogP contribution is -2.45. The number of likely N-dealkylation sites (tertiary alicyclic amines) is 1. The third kappa shape index (κ3) is 5.87. The maximum atomic E-state index is 12.5. The van der Waals surface area contributed by atoms with Crippen molar-refractivity contribution in [3.63, 3.8) is 0 Å². The quantitative estimate of drug-likeness (QED) is 0.655. The van der Waals surface area contributed by atoms with Crippen molar-refractivity contribution >= 4 is 28.3 Å². The van der Waals surface area contributed by atoms with E-state index in [2.05, 4.69) is 25.5 Å². The number of piperidine rings is 1. The van der Waals surface area contributed by atoms with Gasteiger partial charge in [0.15, 0.2) is 5.13 Å². The Hall–Kier alpha value is -2.26. The normalized spacial score (nSPS) is 17.4. The van der Waals surface area contributed by atoms with Gasteiger partial charge in [0.2, 0.25) is 11.8 Å². The van der Waals surface area contributed by atoms with Crippen molar-refractivity contribution in [1.82, 2.24) is 24.8 Å². The van der Waals surface area contributed by atoms with Crippen LogP contribution >= 0.6 is 11.3 Å². The van der Waals surface area contributed by atoms with Crippen molar-refractivity contribution in [2.45, 2.75) is 39.7 Å². The van der Waals surface area contributed by atoms with E-state index in [-0.39, 0.29) is 17.7 Å². The number of aryl methyl sites for hydroxylation is 3. The van der Waals surface area contributed by atoms with Crippen LogP contribution in [0.25, 0.3) is 0 Å². The summed E-state index contributed by atoms with van der Waals surface area (Å²) < 4.78 is 2.00. The molecule has 1 aliphatic rings. The Morgan fingerprint density at radius 1 is 1.36 bits per heavy atom. The molecule has 0 aromatic carbocycles. The Kier molecular flexibility index (Phi) is 7.16. The van der Waals surface area contributed by atoms with Crippen molar-refractivity contribution in [3.05, 3.63) is 29.3 Å². The first-order chi connectivity index (χ1) is 13.5. The van der Waals surface area contributed by atoms with Gasteiger partial charge in [-0.2, -0.15) is 0 Å². The summed E-state index contributed by atoms with van der Waals surface area (Å²) in [6, 6.07) is 0. The molecule has 1 aliphatic heterocycles. The Bertz CT molecular complexity index is 769. The number of aromatic nitrogens is 3. The summed E-state index contributed by atoms with van der Waals surface area (Å²) in [4.78, 5) is 36.3. The van der Waals surface area contributed by atoms with Gasteiger partial charge in [0.05, 0.1) is 24.5 Å². The second-order valence-electron chi connectivity index (χ2n) is 7.23. The molecular weight excluding hydrogens is 376 g/mol. The van der Waals surface area contributed by atoms with Crippen LogP contribution in [0.4, 0.5) is 5.13 Å². The number of rotatable bonds is 8. The predicted octanol–water partition coefficient (Wildman–Crippen LogP) is 1.81. The van der Waals surface area contributed by atoms with Gasteiger partial charge in [0.25, 0.3) is 0 Å². The summed E-state index contributed by atoms with van der Waals surface area (Å²) in [6.45, 7) is 7.17. The highest BCUT2D eigenvalue weighted by Crippen LogP contribution is 2.21. The SMILES string of the molecule is Cc1nc(NC(=O)CN2CCCC(C(=O)NCCCn3ccnc3)C2)sc1C. The van der Waals surface area contributed by atoms with Crippen molar-refractivity contribution in [2.24, 2.45) is 5.92 Å². The first kappa shape index (κ1) is 20.5. The zero-order valence-electron chi connectivity index (χ0n) is 16.5. The number of amides is 2. The number of hydrogen-bond acceptors (Lipinski definition) is 6. The number of nitrogens with zero attached hydrogens (tertiary/aromatic N) is 4. The molecule has 8 nitrogen and oxygen atoms in total. The second kappa shape index (κ2) is 9.79. The van der Waals surface area contributed by atoms with Gasteiger partial charge < -0.3 is 15.2 Å². The number of hydrogen-bond donors (Lipinski definition) is 2.